The summed E-state index contributed by atoms with van der Waals surface area (Å²) in [6.07, 6.45) is -5.10. The van der Waals surface area contributed by atoms with Gasteiger partial charge >= 0.3 is 6.18 Å². The van der Waals surface area contributed by atoms with Crippen LogP contribution in [-0.2, 0) is 0 Å². The zero-order valence-corrected chi connectivity index (χ0v) is 10.8. The average molecular weight is 281 g/mol. The van der Waals surface area contributed by atoms with Crippen LogP contribution in [0.15, 0.2) is 6.07 Å². The van der Waals surface area contributed by atoms with Crippen LogP contribution in [0.4, 0.5) is 23.9 Å². The number of hydrogen-bond donors (Lipinski definition) is 2. The number of nitrogens with two attached hydrogens (primary N) is 1. The van der Waals surface area contributed by atoms with Gasteiger partial charge in [-0.05, 0) is 6.07 Å². The lowest BCUT2D eigenvalue weighted by Crippen LogP contribution is -2.23. The SMILES string of the molecule is CNC(=O)c1sc(N(C)CCC(F)(F)F)cc1N. The molecule has 0 fully saturated rings. The van der Waals surface area contributed by atoms with Crippen molar-refractivity contribution in [3.8, 4) is 0 Å². The van der Waals surface area contributed by atoms with Gasteiger partial charge in [0, 0.05) is 20.6 Å². The van der Waals surface area contributed by atoms with E-state index in [0.717, 1.165) is 11.3 Å². The monoisotopic (exact) mass is 281 g/mol. The fraction of sp³-hybridized carbons (Fsp3) is 0.500. The highest BCUT2D eigenvalue weighted by atomic mass is 32.1. The van der Waals surface area contributed by atoms with Crippen molar-refractivity contribution in [2.45, 2.75) is 12.6 Å². The summed E-state index contributed by atoms with van der Waals surface area (Å²) in [6, 6.07) is 1.51. The quantitative estimate of drug-likeness (QED) is 0.888. The van der Waals surface area contributed by atoms with Crippen molar-refractivity contribution in [3.05, 3.63) is 10.9 Å². The molecule has 0 bridgehead atoms. The van der Waals surface area contributed by atoms with Gasteiger partial charge in [0.05, 0.1) is 17.1 Å². The van der Waals surface area contributed by atoms with Gasteiger partial charge in [0.2, 0.25) is 0 Å². The Kier molecular flexibility index (Phi) is 4.44. The van der Waals surface area contributed by atoms with Crippen LogP contribution in [0.3, 0.4) is 0 Å². The molecule has 0 unspecified atom stereocenters. The summed E-state index contributed by atoms with van der Waals surface area (Å²) in [6.45, 7) is -0.170. The van der Waals surface area contributed by atoms with E-state index in [1.54, 1.807) is 0 Å². The second-order valence-electron chi connectivity index (χ2n) is 3.73. The molecule has 3 N–H and O–H groups in total. The number of hydrogen-bond acceptors (Lipinski definition) is 4. The Labute approximate surface area is 107 Å². The summed E-state index contributed by atoms with van der Waals surface area (Å²) < 4.78 is 36.3. The molecule has 1 heterocycles. The average Bonchev–Trinajstić information content (AvgIpc) is 2.66. The van der Waals surface area contributed by atoms with Crippen LogP contribution < -0.4 is 16.0 Å². The maximum atomic E-state index is 12.1. The van der Waals surface area contributed by atoms with E-state index < -0.39 is 12.6 Å². The molecule has 8 heteroatoms. The number of nitrogen functional groups attached to an aromatic ring is 1. The van der Waals surface area contributed by atoms with Crippen molar-refractivity contribution in [2.24, 2.45) is 0 Å². The Morgan fingerprint density at radius 3 is 2.67 bits per heavy atom. The molecule has 4 nitrogen and oxygen atoms in total. The van der Waals surface area contributed by atoms with Gasteiger partial charge < -0.3 is 16.0 Å². The van der Waals surface area contributed by atoms with Crippen LogP contribution in [-0.4, -0.2) is 32.7 Å². The number of halogens is 3. The van der Waals surface area contributed by atoms with Crippen molar-refractivity contribution in [2.75, 3.05) is 31.3 Å². The van der Waals surface area contributed by atoms with E-state index in [4.69, 9.17) is 5.73 Å². The summed E-state index contributed by atoms with van der Waals surface area (Å²) in [5.41, 5.74) is 5.91. The van der Waals surface area contributed by atoms with Gasteiger partial charge in [0.1, 0.15) is 4.88 Å². The Bertz CT molecular complexity index is 430. The van der Waals surface area contributed by atoms with E-state index in [2.05, 4.69) is 5.32 Å². The first kappa shape index (κ1) is 14.6. The predicted molar refractivity (Wildman–Crippen MR) is 66.1 cm³/mol. The van der Waals surface area contributed by atoms with Gasteiger partial charge in [-0.15, -0.1) is 11.3 Å². The molecule has 1 amide bonds. The summed E-state index contributed by atoms with van der Waals surface area (Å²) >= 11 is 1.07. The normalized spacial score (nSPS) is 11.4. The zero-order chi connectivity index (χ0) is 13.9. The van der Waals surface area contributed by atoms with Crippen LogP contribution in [0.5, 0.6) is 0 Å². The highest BCUT2D eigenvalue weighted by Crippen LogP contribution is 2.32. The first-order valence-corrected chi connectivity index (χ1v) is 5.95. The second-order valence-corrected chi connectivity index (χ2v) is 4.77. The van der Waals surface area contributed by atoms with E-state index >= 15 is 0 Å². The van der Waals surface area contributed by atoms with Crippen molar-refractivity contribution in [3.63, 3.8) is 0 Å². The number of rotatable bonds is 4. The van der Waals surface area contributed by atoms with Crippen LogP contribution in [0, 0.1) is 0 Å². The topological polar surface area (TPSA) is 58.4 Å². The first-order chi connectivity index (χ1) is 8.24. The van der Waals surface area contributed by atoms with Crippen molar-refractivity contribution >= 4 is 27.9 Å². The Morgan fingerprint density at radius 2 is 2.17 bits per heavy atom. The van der Waals surface area contributed by atoms with Crippen molar-refractivity contribution < 1.29 is 18.0 Å². The highest BCUT2D eigenvalue weighted by Gasteiger charge is 2.27. The third-order valence-electron chi connectivity index (χ3n) is 2.29. The Balaban J connectivity index is 2.75. The van der Waals surface area contributed by atoms with E-state index in [0.29, 0.717) is 9.88 Å². The Hall–Kier alpha value is -1.44. The predicted octanol–water partition coefficient (Wildman–Crippen LogP) is 2.08. The summed E-state index contributed by atoms with van der Waals surface area (Å²) in [5.74, 6) is -0.340. The summed E-state index contributed by atoms with van der Waals surface area (Å²) in [7, 11) is 3.00. The standard InChI is InChI=1S/C10H14F3N3OS/c1-15-9(17)8-6(14)5-7(18-8)16(2)4-3-10(11,12)13/h5H,3-4,14H2,1-2H3,(H,15,17). The van der Waals surface area contributed by atoms with Crippen molar-refractivity contribution in [1.82, 2.24) is 5.32 Å². The van der Waals surface area contributed by atoms with Gasteiger partial charge in [-0.3, -0.25) is 4.79 Å². The van der Waals surface area contributed by atoms with Gasteiger partial charge in [-0.2, -0.15) is 13.2 Å². The summed E-state index contributed by atoms with van der Waals surface area (Å²) in [4.78, 5) is 13.2. The molecule has 0 aliphatic heterocycles. The second kappa shape index (κ2) is 5.47. The van der Waals surface area contributed by atoms with Gasteiger partial charge in [-0.25, -0.2) is 0 Å². The molecule has 1 aromatic rings. The first-order valence-electron chi connectivity index (χ1n) is 5.14. The lowest BCUT2D eigenvalue weighted by atomic mass is 10.3. The van der Waals surface area contributed by atoms with E-state index in [9.17, 15) is 18.0 Å². The lowest BCUT2D eigenvalue weighted by Gasteiger charge is -2.17. The number of thiophene rings is 1. The molecule has 0 aliphatic carbocycles. The molecule has 0 aromatic carbocycles. The maximum absolute atomic E-state index is 12.1. The fourth-order valence-corrected chi connectivity index (χ4v) is 2.29. The molecule has 1 aromatic heterocycles. The third kappa shape index (κ3) is 3.80. The van der Waals surface area contributed by atoms with Gasteiger partial charge in [-0.1, -0.05) is 0 Å². The molecule has 0 saturated carbocycles. The molecule has 0 atom stereocenters. The minimum absolute atomic E-state index is 0.170. The third-order valence-corrected chi connectivity index (χ3v) is 3.55. The van der Waals surface area contributed by atoms with Crippen LogP contribution in [0.25, 0.3) is 0 Å². The fourth-order valence-electron chi connectivity index (χ4n) is 1.28. The van der Waals surface area contributed by atoms with Crippen LogP contribution in [0.1, 0.15) is 16.1 Å². The lowest BCUT2D eigenvalue weighted by molar-refractivity contribution is -0.132. The van der Waals surface area contributed by atoms with Crippen LogP contribution >= 0.6 is 11.3 Å². The molecule has 0 saturated heterocycles. The number of nitrogens with one attached hydrogen (secondary N) is 1. The zero-order valence-electron chi connectivity index (χ0n) is 9.97. The van der Waals surface area contributed by atoms with E-state index in [1.165, 1.54) is 25.1 Å². The van der Waals surface area contributed by atoms with E-state index in [-0.39, 0.29) is 18.1 Å². The number of carbonyl (C=O) groups is 1. The van der Waals surface area contributed by atoms with Crippen LogP contribution in [0.2, 0.25) is 0 Å². The van der Waals surface area contributed by atoms with Crippen molar-refractivity contribution in [1.29, 1.82) is 0 Å². The molecule has 0 radical (unpaired) electrons. The molecule has 1 rings (SSSR count). The molecule has 102 valence electrons. The minimum Gasteiger partial charge on any atom is -0.397 e. The largest absolute Gasteiger partial charge is 0.397 e. The number of anilines is 2. The molecule has 0 aliphatic rings. The smallest absolute Gasteiger partial charge is 0.390 e. The Morgan fingerprint density at radius 1 is 1.56 bits per heavy atom. The molecular formula is C10H14F3N3OS. The summed E-state index contributed by atoms with van der Waals surface area (Å²) in [5, 5.41) is 2.96. The number of amides is 1. The molecular weight excluding hydrogens is 267 g/mol. The van der Waals surface area contributed by atoms with Gasteiger partial charge in [0.15, 0.2) is 0 Å². The van der Waals surface area contributed by atoms with Gasteiger partial charge in [0.25, 0.3) is 5.91 Å². The molecule has 18 heavy (non-hydrogen) atoms. The number of alkyl halides is 3. The highest BCUT2D eigenvalue weighted by molar-refractivity contribution is 7.18. The maximum Gasteiger partial charge on any atom is 0.390 e. The minimum atomic E-state index is -4.19. The number of nitrogens with zero attached hydrogens (tertiary/aromatic N) is 1. The molecule has 0 spiro atoms. The number of carbonyl (C=O) groups excluding carboxylic acids is 1. The van der Waals surface area contributed by atoms with E-state index in [1.807, 2.05) is 0 Å².